The Bertz CT molecular complexity index is 837. The molecule has 1 aromatic heterocycles. The molecule has 2 aromatic rings. The van der Waals surface area contributed by atoms with E-state index in [1.54, 1.807) is 19.1 Å². The normalized spacial score (nSPS) is 15.2. The molecule has 2 heterocycles. The smallest absolute Gasteiger partial charge is 0.227 e. The van der Waals surface area contributed by atoms with E-state index in [0.717, 1.165) is 18.7 Å². The molecule has 1 atom stereocenters. The number of carbonyl (C=O) groups is 1. The summed E-state index contributed by atoms with van der Waals surface area (Å²) in [5.74, 6) is 1.24. The van der Waals surface area contributed by atoms with Gasteiger partial charge < -0.3 is 25.1 Å². The second kappa shape index (κ2) is 11.4. The first-order valence-corrected chi connectivity index (χ1v) is 10.2. The lowest BCUT2D eigenvalue weighted by Gasteiger charge is -2.20. The Kier molecular flexibility index (Phi) is 9.16. The molecule has 0 aliphatic carbocycles. The number of carbonyl (C=O) groups excluding carboxylic acids is 1. The van der Waals surface area contributed by atoms with Crippen LogP contribution in [0.1, 0.15) is 38.0 Å². The molecule has 0 saturated heterocycles. The van der Waals surface area contributed by atoms with Crippen LogP contribution in [0, 0.1) is 0 Å². The van der Waals surface area contributed by atoms with Crippen LogP contribution in [0.25, 0.3) is 0 Å². The van der Waals surface area contributed by atoms with E-state index >= 15 is 0 Å². The number of fused-ring (bicyclic) bond motifs is 1. The van der Waals surface area contributed by atoms with Crippen molar-refractivity contribution < 1.29 is 14.3 Å². The first-order chi connectivity index (χ1) is 14.0. The topological polar surface area (TPSA) is 90.1 Å². The van der Waals surface area contributed by atoms with Gasteiger partial charge in [0.2, 0.25) is 5.91 Å². The highest BCUT2D eigenvalue weighted by molar-refractivity contribution is 14.0. The van der Waals surface area contributed by atoms with Crippen LogP contribution in [-0.4, -0.2) is 43.2 Å². The fourth-order valence-corrected chi connectivity index (χ4v) is 3.42. The lowest BCUT2D eigenvalue weighted by molar-refractivity contribution is -0.118. The number of nitrogens with one attached hydrogen (secondary N) is 2. The summed E-state index contributed by atoms with van der Waals surface area (Å²) < 4.78 is 5.29. The van der Waals surface area contributed by atoms with Crippen LogP contribution >= 0.6 is 24.0 Å². The van der Waals surface area contributed by atoms with E-state index in [1.165, 1.54) is 11.8 Å². The minimum atomic E-state index is -1.18. The van der Waals surface area contributed by atoms with Crippen molar-refractivity contribution in [2.24, 2.45) is 4.99 Å². The van der Waals surface area contributed by atoms with Crippen molar-refractivity contribution >= 4 is 41.5 Å². The summed E-state index contributed by atoms with van der Waals surface area (Å²) in [5, 5.41) is 16.9. The quantitative estimate of drug-likeness (QED) is 0.213. The molecule has 164 valence electrons. The molecule has 8 heteroatoms. The number of anilines is 1. The maximum absolute atomic E-state index is 12.6. The second-order valence-corrected chi connectivity index (χ2v) is 7.40. The summed E-state index contributed by atoms with van der Waals surface area (Å²) in [5.41, 5.74) is 1.11. The fourth-order valence-electron chi connectivity index (χ4n) is 3.42. The number of benzene rings is 1. The van der Waals surface area contributed by atoms with Crippen LogP contribution < -0.4 is 15.5 Å². The van der Waals surface area contributed by atoms with Gasteiger partial charge in [-0.3, -0.25) is 4.79 Å². The van der Waals surface area contributed by atoms with Crippen molar-refractivity contribution in [1.29, 1.82) is 0 Å². The third kappa shape index (κ3) is 6.21. The zero-order chi connectivity index (χ0) is 20.7. The van der Waals surface area contributed by atoms with Crippen molar-refractivity contribution in [3.63, 3.8) is 0 Å². The first kappa shape index (κ1) is 24.2. The van der Waals surface area contributed by atoms with Gasteiger partial charge in [-0.15, -0.1) is 24.0 Å². The van der Waals surface area contributed by atoms with E-state index in [0.29, 0.717) is 37.7 Å². The number of nitrogens with zero attached hydrogens (tertiary/aromatic N) is 2. The summed E-state index contributed by atoms with van der Waals surface area (Å²) in [6, 6.07) is 11.6. The van der Waals surface area contributed by atoms with Gasteiger partial charge in [0.05, 0.1) is 12.8 Å². The Morgan fingerprint density at radius 3 is 2.80 bits per heavy atom. The highest BCUT2D eigenvalue weighted by Crippen LogP contribution is 2.28. The van der Waals surface area contributed by atoms with Gasteiger partial charge >= 0.3 is 0 Å². The summed E-state index contributed by atoms with van der Waals surface area (Å²) >= 11 is 0. The Morgan fingerprint density at radius 2 is 2.07 bits per heavy atom. The predicted molar refractivity (Wildman–Crippen MR) is 129 cm³/mol. The van der Waals surface area contributed by atoms with Crippen LogP contribution in [0.2, 0.25) is 0 Å². The van der Waals surface area contributed by atoms with Gasteiger partial charge in [-0.1, -0.05) is 18.2 Å². The van der Waals surface area contributed by atoms with Crippen LogP contribution in [0.3, 0.4) is 0 Å². The standard InChI is InChI=1S/C22H30N4O3.HI/c1-3-23-21(25-16-22(2,28)19-10-7-15-29-19)24-13-6-11-20(27)26-14-12-17-8-4-5-9-18(17)26;/h4-5,7-10,15,28H,3,6,11-14,16H2,1-2H3,(H2,23,24,25);1H. The average Bonchev–Trinajstić information content (AvgIpc) is 3.39. The number of hydrogen-bond acceptors (Lipinski definition) is 4. The van der Waals surface area contributed by atoms with Gasteiger partial charge in [0.15, 0.2) is 5.96 Å². The van der Waals surface area contributed by atoms with E-state index in [4.69, 9.17) is 4.42 Å². The van der Waals surface area contributed by atoms with Gasteiger partial charge in [0, 0.05) is 31.7 Å². The molecule has 7 nitrogen and oxygen atoms in total. The minimum absolute atomic E-state index is 0. The molecule has 1 aliphatic heterocycles. The Hall–Kier alpha value is -2.07. The molecule has 0 fully saturated rings. The molecule has 0 bridgehead atoms. The molecule has 1 amide bonds. The monoisotopic (exact) mass is 526 g/mol. The summed E-state index contributed by atoms with van der Waals surface area (Å²) in [4.78, 5) is 18.9. The number of amides is 1. The molecule has 3 N–H and O–H groups in total. The summed E-state index contributed by atoms with van der Waals surface area (Å²) in [7, 11) is 0. The molecule has 1 aromatic carbocycles. The fraction of sp³-hybridized carbons (Fsp3) is 0.455. The lowest BCUT2D eigenvalue weighted by Crippen LogP contribution is -2.39. The zero-order valence-electron chi connectivity index (χ0n) is 17.6. The van der Waals surface area contributed by atoms with Crippen molar-refractivity contribution in [2.45, 2.75) is 38.7 Å². The molecule has 30 heavy (non-hydrogen) atoms. The molecular weight excluding hydrogens is 495 g/mol. The number of para-hydroxylation sites is 1. The average molecular weight is 526 g/mol. The van der Waals surface area contributed by atoms with Gasteiger partial charge in [-0.05, 0) is 50.5 Å². The molecular formula is C22H31IN4O3. The third-order valence-corrected chi connectivity index (χ3v) is 4.99. The van der Waals surface area contributed by atoms with E-state index in [9.17, 15) is 9.90 Å². The van der Waals surface area contributed by atoms with Crippen molar-refractivity contribution in [3.05, 3.63) is 54.0 Å². The molecule has 0 radical (unpaired) electrons. The number of aliphatic hydroxyl groups is 1. The highest BCUT2D eigenvalue weighted by atomic mass is 127. The van der Waals surface area contributed by atoms with Gasteiger partial charge in [-0.2, -0.15) is 0 Å². The summed E-state index contributed by atoms with van der Waals surface area (Å²) in [6.45, 7) is 5.91. The van der Waals surface area contributed by atoms with E-state index in [-0.39, 0.29) is 36.4 Å². The predicted octanol–water partition coefficient (Wildman–Crippen LogP) is 3.03. The number of hydrogen-bond donors (Lipinski definition) is 3. The van der Waals surface area contributed by atoms with Crippen molar-refractivity contribution in [2.75, 3.05) is 31.1 Å². The SMILES string of the molecule is CCNC(=NCC(C)(O)c1ccco1)NCCCC(=O)N1CCc2ccccc21.I. The zero-order valence-corrected chi connectivity index (χ0v) is 19.9. The first-order valence-electron chi connectivity index (χ1n) is 10.2. The van der Waals surface area contributed by atoms with Crippen LogP contribution in [0.4, 0.5) is 5.69 Å². The van der Waals surface area contributed by atoms with E-state index in [1.807, 2.05) is 30.0 Å². The third-order valence-electron chi connectivity index (χ3n) is 4.99. The van der Waals surface area contributed by atoms with E-state index < -0.39 is 5.60 Å². The molecule has 3 rings (SSSR count). The Morgan fingerprint density at radius 1 is 1.27 bits per heavy atom. The molecule has 1 unspecified atom stereocenters. The number of guanidine groups is 1. The second-order valence-electron chi connectivity index (χ2n) is 7.40. The Balaban J connectivity index is 0.00000320. The number of aliphatic imine (C=N–C) groups is 1. The number of halogens is 1. The lowest BCUT2D eigenvalue weighted by atomic mass is 10.0. The van der Waals surface area contributed by atoms with Crippen molar-refractivity contribution in [3.8, 4) is 0 Å². The molecule has 0 spiro atoms. The van der Waals surface area contributed by atoms with E-state index in [2.05, 4.69) is 21.7 Å². The van der Waals surface area contributed by atoms with Crippen LogP contribution in [-0.2, 0) is 16.8 Å². The van der Waals surface area contributed by atoms with Gasteiger partial charge in [0.25, 0.3) is 0 Å². The van der Waals surface area contributed by atoms with Gasteiger partial charge in [-0.25, -0.2) is 4.99 Å². The minimum Gasteiger partial charge on any atom is -0.466 e. The van der Waals surface area contributed by atoms with Crippen molar-refractivity contribution in [1.82, 2.24) is 10.6 Å². The highest BCUT2D eigenvalue weighted by Gasteiger charge is 2.26. The maximum Gasteiger partial charge on any atom is 0.227 e. The van der Waals surface area contributed by atoms with Crippen LogP contribution in [0.15, 0.2) is 52.1 Å². The Labute approximate surface area is 195 Å². The maximum atomic E-state index is 12.6. The van der Waals surface area contributed by atoms with Gasteiger partial charge in [0.1, 0.15) is 11.4 Å². The number of rotatable bonds is 8. The summed E-state index contributed by atoms with van der Waals surface area (Å²) in [6.07, 6.45) is 3.64. The van der Waals surface area contributed by atoms with Crippen LogP contribution in [0.5, 0.6) is 0 Å². The molecule has 1 aliphatic rings. The molecule has 0 saturated carbocycles. The number of furan rings is 1. The largest absolute Gasteiger partial charge is 0.466 e.